The minimum absolute atomic E-state index is 0.00733. The number of sulfonamides is 1. The summed E-state index contributed by atoms with van der Waals surface area (Å²) in [5, 5.41) is 24.9. The maximum atomic E-state index is 13.6. The molecule has 0 fully saturated rings. The smallest absolute Gasteiger partial charge is 0.407 e. The molecule has 3 rings (SSSR count). The van der Waals surface area contributed by atoms with Gasteiger partial charge in [0, 0.05) is 25.0 Å². The van der Waals surface area contributed by atoms with E-state index in [4.69, 9.17) is 10.00 Å². The molecular weight excluding hydrogens is 592 g/mol. The average Bonchev–Trinajstić information content (AvgIpc) is 3.06. The number of aliphatic hydroxyl groups is 1. The zero-order chi connectivity index (χ0) is 32.8. The van der Waals surface area contributed by atoms with Crippen molar-refractivity contribution in [2.45, 2.75) is 56.0 Å². The zero-order valence-electron chi connectivity index (χ0n) is 25.9. The molecule has 0 saturated heterocycles. The molecule has 0 spiro atoms. The molecule has 0 aliphatic rings. The summed E-state index contributed by atoms with van der Waals surface area (Å²) < 4.78 is 33.3. The minimum atomic E-state index is -3.93. The van der Waals surface area contributed by atoms with Crippen molar-refractivity contribution in [1.82, 2.24) is 14.9 Å². The topological polar surface area (TPSA) is 149 Å². The third-order valence-electron chi connectivity index (χ3n) is 7.41. The highest BCUT2D eigenvalue weighted by Crippen LogP contribution is 2.29. The largest absolute Gasteiger partial charge is 0.453 e. The number of nitriles is 1. The number of nitrogens with zero attached hydrogens (tertiary/aromatic N) is 2. The molecule has 0 saturated carbocycles. The number of unbranched alkanes of at least 4 members (excludes halogenated alkanes) is 1. The van der Waals surface area contributed by atoms with Crippen LogP contribution in [0.1, 0.15) is 55.7 Å². The number of ether oxygens (including phenoxy) is 1. The van der Waals surface area contributed by atoms with Crippen molar-refractivity contribution in [3.63, 3.8) is 0 Å². The molecule has 3 N–H and O–H groups in total. The van der Waals surface area contributed by atoms with E-state index in [1.54, 1.807) is 0 Å². The second kappa shape index (κ2) is 17.3. The number of alkyl carbamates (subject to hydrolysis) is 1. The maximum Gasteiger partial charge on any atom is 0.407 e. The molecule has 2 amide bonds. The Morgan fingerprint density at radius 1 is 0.933 bits per heavy atom. The van der Waals surface area contributed by atoms with E-state index >= 15 is 0 Å². The molecule has 2 unspecified atom stereocenters. The third kappa shape index (κ3) is 9.88. The highest BCUT2D eigenvalue weighted by atomic mass is 32.2. The highest BCUT2D eigenvalue weighted by molar-refractivity contribution is 7.89. The van der Waals surface area contributed by atoms with Crippen LogP contribution in [0.5, 0.6) is 0 Å². The van der Waals surface area contributed by atoms with Crippen LogP contribution in [0, 0.1) is 17.2 Å². The summed E-state index contributed by atoms with van der Waals surface area (Å²) in [6, 6.07) is 25.0. The third-order valence-corrected chi connectivity index (χ3v) is 9.34. The fraction of sp³-hybridized carbons (Fsp3) is 0.382. The Labute approximate surface area is 266 Å². The summed E-state index contributed by atoms with van der Waals surface area (Å²) in [6.07, 6.45) is 0.682. The Hall–Kier alpha value is -4.24. The molecule has 3 aromatic carbocycles. The number of aliphatic hydroxyl groups excluding tert-OH is 1. The Morgan fingerprint density at radius 3 is 2.00 bits per heavy atom. The molecule has 0 bridgehead atoms. The number of hydrogen-bond acceptors (Lipinski definition) is 7. The number of carbonyl (C=O) groups is 2. The SMILES string of the molecule is COC(=O)NC(C(=O)NCCCCC(CO)N(CC(C)C)S(=O)(=O)c1ccc(C#N)cc1)C(c1ccccc1)c1ccccc1. The lowest BCUT2D eigenvalue weighted by molar-refractivity contribution is -0.123. The number of methoxy groups -OCH3 is 1. The Kier molecular flexibility index (Phi) is 13.5. The predicted molar refractivity (Wildman–Crippen MR) is 172 cm³/mol. The molecule has 0 radical (unpaired) electrons. The van der Waals surface area contributed by atoms with Gasteiger partial charge in [-0.3, -0.25) is 4.79 Å². The molecule has 2 atom stereocenters. The molecule has 11 heteroatoms. The summed E-state index contributed by atoms with van der Waals surface area (Å²) in [5.41, 5.74) is 2.05. The van der Waals surface area contributed by atoms with Gasteiger partial charge in [-0.15, -0.1) is 0 Å². The Morgan fingerprint density at radius 2 is 1.51 bits per heavy atom. The van der Waals surface area contributed by atoms with Crippen LogP contribution in [0.25, 0.3) is 0 Å². The van der Waals surface area contributed by atoms with Crippen molar-refractivity contribution >= 4 is 22.0 Å². The molecule has 0 aromatic heterocycles. The summed E-state index contributed by atoms with van der Waals surface area (Å²) in [5.74, 6) is -0.864. The van der Waals surface area contributed by atoms with Gasteiger partial charge < -0.3 is 20.5 Å². The number of rotatable bonds is 16. The van der Waals surface area contributed by atoms with E-state index in [0.717, 1.165) is 11.1 Å². The van der Waals surface area contributed by atoms with Crippen LogP contribution in [0.2, 0.25) is 0 Å². The van der Waals surface area contributed by atoms with Crippen molar-refractivity contribution in [2.24, 2.45) is 5.92 Å². The van der Waals surface area contributed by atoms with Crippen LogP contribution in [0.15, 0.2) is 89.8 Å². The summed E-state index contributed by atoms with van der Waals surface area (Å²) >= 11 is 0. The quantitative estimate of drug-likeness (QED) is 0.198. The lowest BCUT2D eigenvalue weighted by Gasteiger charge is -2.31. The first-order valence-electron chi connectivity index (χ1n) is 15.0. The van der Waals surface area contributed by atoms with Gasteiger partial charge in [0.05, 0.1) is 30.2 Å². The lowest BCUT2D eigenvalue weighted by Crippen LogP contribution is -2.50. The Balaban J connectivity index is 1.70. The van der Waals surface area contributed by atoms with Crippen molar-refractivity contribution in [3.8, 4) is 6.07 Å². The number of benzene rings is 3. The van der Waals surface area contributed by atoms with Gasteiger partial charge >= 0.3 is 6.09 Å². The van der Waals surface area contributed by atoms with Crippen LogP contribution in [-0.4, -0.2) is 68.7 Å². The van der Waals surface area contributed by atoms with Crippen LogP contribution in [0.3, 0.4) is 0 Å². The van der Waals surface area contributed by atoms with Crippen LogP contribution < -0.4 is 10.6 Å². The molecule has 0 heterocycles. The van der Waals surface area contributed by atoms with Gasteiger partial charge in [0.1, 0.15) is 6.04 Å². The zero-order valence-corrected chi connectivity index (χ0v) is 26.7. The summed E-state index contributed by atoms with van der Waals surface area (Å²) in [7, 11) is -2.69. The monoisotopic (exact) mass is 634 g/mol. The highest BCUT2D eigenvalue weighted by Gasteiger charge is 2.33. The van der Waals surface area contributed by atoms with Gasteiger partial charge in [0.2, 0.25) is 15.9 Å². The van der Waals surface area contributed by atoms with E-state index in [-0.39, 0.29) is 36.4 Å². The van der Waals surface area contributed by atoms with E-state index in [0.29, 0.717) is 24.8 Å². The summed E-state index contributed by atoms with van der Waals surface area (Å²) in [6.45, 7) is 3.94. The standard InChI is InChI=1S/C34H42N4O6S/c1-25(2)23-38(45(42,43)30-19-17-26(22-35)18-20-30)29(24-39)16-10-11-21-36-33(40)32(37-34(41)44-3)31(27-12-6-4-7-13-27)28-14-8-5-9-15-28/h4-9,12-15,17-20,25,29,31-32,39H,10-11,16,21,23-24H2,1-3H3,(H,36,40)(H,37,41). The normalized spacial score (nSPS) is 12.8. The molecule has 45 heavy (non-hydrogen) atoms. The van der Waals surface area contributed by atoms with E-state index in [9.17, 15) is 23.1 Å². The van der Waals surface area contributed by atoms with Crippen molar-refractivity contribution in [2.75, 3.05) is 26.8 Å². The number of carbonyl (C=O) groups excluding carboxylic acids is 2. The number of amides is 2. The first-order chi connectivity index (χ1) is 21.6. The van der Waals surface area contributed by atoms with E-state index < -0.39 is 34.1 Å². The van der Waals surface area contributed by atoms with Crippen LogP contribution in [0.4, 0.5) is 4.79 Å². The first kappa shape index (κ1) is 35.2. The lowest BCUT2D eigenvalue weighted by atomic mass is 9.84. The van der Waals surface area contributed by atoms with Crippen molar-refractivity contribution in [3.05, 3.63) is 102 Å². The van der Waals surface area contributed by atoms with Crippen LogP contribution >= 0.6 is 0 Å². The van der Waals surface area contributed by atoms with Crippen LogP contribution in [-0.2, 0) is 19.6 Å². The fourth-order valence-electron chi connectivity index (χ4n) is 5.18. The van der Waals surface area contributed by atoms with Gasteiger partial charge in [0.25, 0.3) is 0 Å². The maximum absolute atomic E-state index is 13.6. The first-order valence-corrected chi connectivity index (χ1v) is 16.4. The molecule has 3 aromatic rings. The van der Waals surface area contributed by atoms with Gasteiger partial charge in [-0.05, 0) is 54.2 Å². The van der Waals surface area contributed by atoms with E-state index in [1.807, 2.05) is 80.6 Å². The van der Waals surface area contributed by atoms with E-state index in [2.05, 4.69) is 10.6 Å². The molecular formula is C34H42N4O6S. The second-order valence-electron chi connectivity index (χ2n) is 11.1. The summed E-state index contributed by atoms with van der Waals surface area (Å²) in [4.78, 5) is 26.0. The van der Waals surface area contributed by atoms with E-state index in [1.165, 1.54) is 35.7 Å². The van der Waals surface area contributed by atoms with Gasteiger partial charge in [-0.1, -0.05) is 80.9 Å². The second-order valence-corrected chi connectivity index (χ2v) is 13.0. The number of nitrogens with one attached hydrogen (secondary N) is 2. The van der Waals surface area contributed by atoms with Gasteiger partial charge in [-0.25, -0.2) is 13.2 Å². The van der Waals surface area contributed by atoms with Crippen molar-refractivity contribution < 1.29 is 27.9 Å². The molecule has 240 valence electrons. The predicted octanol–water partition coefficient (Wildman–Crippen LogP) is 4.41. The molecule has 0 aliphatic heterocycles. The molecule has 0 aliphatic carbocycles. The fourth-order valence-corrected chi connectivity index (χ4v) is 6.99. The number of hydrogen-bond donors (Lipinski definition) is 3. The minimum Gasteiger partial charge on any atom is -0.453 e. The van der Waals surface area contributed by atoms with Gasteiger partial charge in [0.15, 0.2) is 0 Å². The van der Waals surface area contributed by atoms with Crippen molar-refractivity contribution in [1.29, 1.82) is 5.26 Å². The average molecular weight is 635 g/mol. The van der Waals surface area contributed by atoms with Gasteiger partial charge in [-0.2, -0.15) is 9.57 Å². The Bertz CT molecular complexity index is 1470. The molecule has 10 nitrogen and oxygen atoms in total.